The van der Waals surface area contributed by atoms with Gasteiger partial charge < -0.3 is 9.40 Å². The average Bonchev–Trinajstić information content (AvgIpc) is 3.39. The first-order valence-electron chi connectivity index (χ1n) is 9.50. The van der Waals surface area contributed by atoms with Crippen molar-refractivity contribution in [3.63, 3.8) is 0 Å². The number of hydrogen-bond donors (Lipinski definition) is 1. The van der Waals surface area contributed by atoms with Gasteiger partial charge in [-0.1, -0.05) is 72.8 Å². The third kappa shape index (κ3) is 3.17. The molecule has 5 nitrogen and oxygen atoms in total. The molecule has 0 aliphatic rings. The van der Waals surface area contributed by atoms with E-state index in [0.29, 0.717) is 17.1 Å². The predicted molar refractivity (Wildman–Crippen MR) is 118 cm³/mol. The van der Waals surface area contributed by atoms with Crippen molar-refractivity contribution >= 4 is 23.1 Å². The highest BCUT2D eigenvalue weighted by Gasteiger charge is 2.22. The van der Waals surface area contributed by atoms with E-state index in [1.807, 2.05) is 84.9 Å². The Labute approximate surface area is 173 Å². The topological polar surface area (TPSA) is 78.0 Å². The zero-order valence-electron chi connectivity index (χ0n) is 15.9. The van der Waals surface area contributed by atoms with Gasteiger partial charge in [0.15, 0.2) is 0 Å². The highest BCUT2D eigenvalue weighted by molar-refractivity contribution is 5.90. The highest BCUT2D eigenvalue weighted by atomic mass is 16.4. The molecular weight excluding hydrogens is 372 g/mol. The Kier molecular flexibility index (Phi) is 4.43. The van der Waals surface area contributed by atoms with Crippen LogP contribution in [0.5, 0.6) is 0 Å². The minimum absolute atomic E-state index is 0.260. The van der Waals surface area contributed by atoms with Crippen molar-refractivity contribution in [1.29, 1.82) is 5.26 Å². The van der Waals surface area contributed by atoms with Crippen molar-refractivity contribution < 1.29 is 4.42 Å². The normalized spacial score (nSPS) is 11.2. The summed E-state index contributed by atoms with van der Waals surface area (Å²) in [6, 6.07) is 29.5. The van der Waals surface area contributed by atoms with Crippen LogP contribution in [0.2, 0.25) is 0 Å². The van der Waals surface area contributed by atoms with Gasteiger partial charge in [-0.3, -0.25) is 0 Å². The van der Waals surface area contributed by atoms with Gasteiger partial charge >= 0.3 is 0 Å². The van der Waals surface area contributed by atoms with Crippen LogP contribution >= 0.6 is 0 Å². The van der Waals surface area contributed by atoms with E-state index in [1.165, 1.54) is 0 Å². The fraction of sp³-hybridized carbons (Fsp3) is 0. The van der Waals surface area contributed by atoms with E-state index in [9.17, 15) is 5.26 Å². The molecule has 1 N–H and O–H groups in total. The lowest BCUT2D eigenvalue weighted by molar-refractivity contribution is 0.593. The summed E-state index contributed by atoms with van der Waals surface area (Å²) in [5, 5.41) is 9.93. The highest BCUT2D eigenvalue weighted by Crippen LogP contribution is 2.42. The largest absolute Gasteiger partial charge is 0.436 e. The molecule has 0 amide bonds. The lowest BCUT2D eigenvalue weighted by atomic mass is 9.98. The second kappa shape index (κ2) is 7.53. The van der Waals surface area contributed by atoms with Crippen molar-refractivity contribution in [2.75, 3.05) is 0 Å². The number of rotatable bonds is 4. The Balaban J connectivity index is 1.65. The first-order chi connectivity index (χ1) is 14.8. The van der Waals surface area contributed by atoms with Crippen LogP contribution in [0.4, 0.5) is 5.88 Å². The van der Waals surface area contributed by atoms with E-state index in [1.54, 1.807) is 6.21 Å². The standard InChI is InChI=1S/C25H16N4O/c26-15-19-23(17-9-3-1-4-10-17)24(18-11-5-2-6-12-18)30-25(19)27-16-22-28-20-13-7-8-14-21(20)29-22/h1-14,16H,(H,28,29). The number of hydrogen-bond acceptors (Lipinski definition) is 4. The summed E-state index contributed by atoms with van der Waals surface area (Å²) >= 11 is 0. The molecule has 0 aliphatic heterocycles. The number of imidazole rings is 1. The van der Waals surface area contributed by atoms with Gasteiger partial charge in [0.25, 0.3) is 0 Å². The summed E-state index contributed by atoms with van der Waals surface area (Å²) < 4.78 is 6.11. The van der Waals surface area contributed by atoms with Crippen molar-refractivity contribution in [3.8, 4) is 28.5 Å². The number of H-pyrrole nitrogens is 1. The smallest absolute Gasteiger partial charge is 0.238 e. The second-order valence-corrected chi connectivity index (χ2v) is 6.73. The number of nitrogens with one attached hydrogen (secondary N) is 1. The van der Waals surface area contributed by atoms with Gasteiger partial charge in [-0.05, 0) is 17.7 Å². The first kappa shape index (κ1) is 17.7. The van der Waals surface area contributed by atoms with Crippen LogP contribution in [0.15, 0.2) is 94.3 Å². The molecule has 0 saturated heterocycles. The van der Waals surface area contributed by atoms with Gasteiger partial charge in [0.05, 0.1) is 17.2 Å². The molecule has 0 unspecified atom stereocenters. The molecule has 2 aromatic heterocycles. The molecule has 0 atom stereocenters. The predicted octanol–water partition coefficient (Wildman–Crippen LogP) is 6.11. The number of para-hydroxylation sites is 2. The van der Waals surface area contributed by atoms with Crippen LogP contribution in [-0.4, -0.2) is 16.2 Å². The van der Waals surface area contributed by atoms with Crippen LogP contribution < -0.4 is 0 Å². The number of aromatic nitrogens is 2. The van der Waals surface area contributed by atoms with E-state index in [0.717, 1.165) is 27.7 Å². The lowest BCUT2D eigenvalue weighted by Gasteiger charge is -2.03. The Morgan fingerprint density at radius 1 is 0.867 bits per heavy atom. The summed E-state index contributed by atoms with van der Waals surface area (Å²) in [5.74, 6) is 1.48. The van der Waals surface area contributed by atoms with E-state index < -0.39 is 0 Å². The molecule has 5 rings (SSSR count). The molecule has 0 spiro atoms. The van der Waals surface area contributed by atoms with E-state index >= 15 is 0 Å². The molecule has 142 valence electrons. The number of nitrogens with zero attached hydrogens (tertiary/aromatic N) is 3. The zero-order chi connectivity index (χ0) is 20.3. The summed E-state index contributed by atoms with van der Waals surface area (Å²) in [5.41, 5.74) is 4.70. The Morgan fingerprint density at radius 2 is 1.53 bits per heavy atom. The van der Waals surface area contributed by atoms with Crippen LogP contribution in [-0.2, 0) is 0 Å². The van der Waals surface area contributed by atoms with Crippen LogP contribution in [0.25, 0.3) is 33.5 Å². The number of furan rings is 1. The molecule has 30 heavy (non-hydrogen) atoms. The average molecular weight is 388 g/mol. The zero-order valence-corrected chi connectivity index (χ0v) is 15.9. The Bertz CT molecular complexity index is 1360. The van der Waals surface area contributed by atoms with Crippen molar-refractivity contribution in [2.24, 2.45) is 4.99 Å². The summed E-state index contributed by atoms with van der Waals surface area (Å²) in [6.07, 6.45) is 1.59. The lowest BCUT2D eigenvalue weighted by Crippen LogP contribution is -1.84. The van der Waals surface area contributed by atoms with Crippen molar-refractivity contribution in [3.05, 3.63) is 96.3 Å². The molecule has 5 heteroatoms. The molecule has 0 bridgehead atoms. The van der Waals surface area contributed by atoms with Gasteiger partial charge in [0.1, 0.15) is 23.2 Å². The summed E-state index contributed by atoms with van der Waals surface area (Å²) in [4.78, 5) is 12.2. The number of benzene rings is 3. The number of nitriles is 1. The Morgan fingerprint density at radius 3 is 2.23 bits per heavy atom. The van der Waals surface area contributed by atoms with Gasteiger partial charge in [-0.2, -0.15) is 5.26 Å². The van der Waals surface area contributed by atoms with Crippen molar-refractivity contribution in [1.82, 2.24) is 9.97 Å². The number of aliphatic imine (C=N–C) groups is 1. The second-order valence-electron chi connectivity index (χ2n) is 6.73. The molecule has 3 aromatic carbocycles. The molecule has 0 aliphatic carbocycles. The van der Waals surface area contributed by atoms with Crippen LogP contribution in [0.1, 0.15) is 11.4 Å². The summed E-state index contributed by atoms with van der Waals surface area (Å²) in [7, 11) is 0. The van der Waals surface area contributed by atoms with E-state index in [2.05, 4.69) is 21.0 Å². The van der Waals surface area contributed by atoms with Gasteiger partial charge in [0, 0.05) is 11.1 Å². The maximum atomic E-state index is 9.93. The fourth-order valence-corrected chi connectivity index (χ4v) is 3.44. The first-order valence-corrected chi connectivity index (χ1v) is 9.50. The van der Waals surface area contributed by atoms with Gasteiger partial charge in [-0.25, -0.2) is 9.98 Å². The Hall–Kier alpha value is -4.43. The van der Waals surface area contributed by atoms with Gasteiger partial charge in [-0.15, -0.1) is 0 Å². The third-order valence-corrected chi connectivity index (χ3v) is 4.81. The quantitative estimate of drug-likeness (QED) is 0.377. The summed E-state index contributed by atoms with van der Waals surface area (Å²) in [6.45, 7) is 0. The number of fused-ring (bicyclic) bond motifs is 1. The molecule has 2 heterocycles. The van der Waals surface area contributed by atoms with Crippen LogP contribution in [0, 0.1) is 11.3 Å². The monoisotopic (exact) mass is 388 g/mol. The molecule has 0 saturated carbocycles. The van der Waals surface area contributed by atoms with E-state index in [4.69, 9.17) is 4.42 Å². The maximum absolute atomic E-state index is 9.93. The van der Waals surface area contributed by atoms with Crippen LogP contribution in [0.3, 0.4) is 0 Å². The molecule has 5 aromatic rings. The fourth-order valence-electron chi connectivity index (χ4n) is 3.44. The third-order valence-electron chi connectivity index (χ3n) is 4.81. The molecule has 0 fully saturated rings. The van der Waals surface area contributed by atoms with Crippen molar-refractivity contribution in [2.45, 2.75) is 0 Å². The van der Waals surface area contributed by atoms with Gasteiger partial charge in [0.2, 0.25) is 5.88 Å². The van der Waals surface area contributed by atoms with E-state index in [-0.39, 0.29) is 5.88 Å². The molecular formula is C25H16N4O. The maximum Gasteiger partial charge on any atom is 0.238 e. The minimum Gasteiger partial charge on any atom is -0.436 e. The minimum atomic E-state index is 0.260. The number of aromatic amines is 1. The SMILES string of the molecule is N#Cc1c(N=Cc2nc3ccccc3[nH]2)oc(-c2ccccc2)c1-c1ccccc1. The molecule has 0 radical (unpaired) electrons.